The van der Waals surface area contributed by atoms with Crippen molar-refractivity contribution in [2.24, 2.45) is 0 Å². The fourth-order valence-electron chi connectivity index (χ4n) is 0. The predicted octanol–water partition coefficient (Wildman–Crippen LogP) is 0.562. The summed E-state index contributed by atoms with van der Waals surface area (Å²) >= 11 is -2.00. The first-order valence-electron chi connectivity index (χ1n) is 0.908. The van der Waals surface area contributed by atoms with Gasteiger partial charge in [-0.3, -0.25) is 0 Å². The van der Waals surface area contributed by atoms with E-state index in [0.717, 1.165) is 0 Å². The van der Waals surface area contributed by atoms with E-state index in [4.69, 9.17) is 6.65 Å². The van der Waals surface area contributed by atoms with Crippen LogP contribution in [0.5, 0.6) is 0 Å². The van der Waals surface area contributed by atoms with E-state index in [9.17, 15) is 0 Å². The Morgan fingerprint density at radius 3 is 1.20 bits per heavy atom. The third-order valence-electron chi connectivity index (χ3n) is 0. The maximum atomic E-state index is 8.50. The Kier molecular flexibility index (Phi) is 60.6. The molecule has 3 heteroatoms. The van der Waals surface area contributed by atoms with E-state index in [2.05, 4.69) is 13.2 Å². The van der Waals surface area contributed by atoms with Gasteiger partial charge in [-0.1, -0.05) is 0 Å². The predicted molar refractivity (Wildman–Crippen MR) is 12.6 cm³/mol. The van der Waals surface area contributed by atoms with Gasteiger partial charge in [-0.2, -0.15) is 0 Å². The molecule has 0 N–H and O–H groups in total. The van der Waals surface area contributed by atoms with Crippen molar-refractivity contribution in [3.63, 3.8) is 0 Å². The van der Waals surface area contributed by atoms with Crippen LogP contribution in [0.3, 0.4) is 0 Å². The molecule has 28 valence electrons. The molecule has 0 amide bonds. The van der Waals surface area contributed by atoms with Crippen LogP contribution in [0.15, 0.2) is 13.2 Å². The van der Waals surface area contributed by atoms with E-state index < -0.39 is 19.1 Å². The Hall–Kier alpha value is 0.0543. The first-order valence-corrected chi connectivity index (χ1v) is 2.18. The molecular formula is C2H4O2Ti. The molecule has 0 saturated carbocycles. The third-order valence-corrected chi connectivity index (χ3v) is 0. The fraction of sp³-hybridized carbons (Fsp3) is 0. The number of hydrogen-bond donors (Lipinski definition) is 0. The van der Waals surface area contributed by atoms with Gasteiger partial charge in [0.2, 0.25) is 0 Å². The summed E-state index contributed by atoms with van der Waals surface area (Å²) in [5, 5.41) is 0. The van der Waals surface area contributed by atoms with E-state index in [1.54, 1.807) is 0 Å². The van der Waals surface area contributed by atoms with Crippen molar-refractivity contribution in [2.75, 3.05) is 0 Å². The monoisotopic (exact) mass is 108 g/mol. The third kappa shape index (κ3) is 5810. The van der Waals surface area contributed by atoms with E-state index in [1.165, 1.54) is 0 Å². The Morgan fingerprint density at radius 1 is 1.20 bits per heavy atom. The topological polar surface area (TPSA) is 34.1 Å². The van der Waals surface area contributed by atoms with Gasteiger partial charge in [0, 0.05) is 0 Å². The van der Waals surface area contributed by atoms with Crippen LogP contribution in [0.25, 0.3) is 0 Å². The van der Waals surface area contributed by atoms with Gasteiger partial charge in [-0.15, -0.1) is 13.2 Å². The molecule has 0 aliphatic carbocycles. The zero-order chi connectivity index (χ0) is 4.71. The minimum absolute atomic E-state index is 2.00. The second kappa shape index (κ2) is 34.0. The van der Waals surface area contributed by atoms with Crippen LogP contribution < -0.4 is 0 Å². The van der Waals surface area contributed by atoms with Crippen molar-refractivity contribution < 1.29 is 25.7 Å². The Balaban J connectivity index is 0. The first kappa shape index (κ1) is 8.91. The van der Waals surface area contributed by atoms with Gasteiger partial charge in [0.05, 0.1) is 0 Å². The molecule has 5 heavy (non-hydrogen) atoms. The van der Waals surface area contributed by atoms with Crippen molar-refractivity contribution in [3.8, 4) is 0 Å². The van der Waals surface area contributed by atoms with Crippen molar-refractivity contribution in [1.82, 2.24) is 0 Å². The van der Waals surface area contributed by atoms with Crippen molar-refractivity contribution >= 4 is 0 Å². The fourth-order valence-corrected chi connectivity index (χ4v) is 0. The van der Waals surface area contributed by atoms with Gasteiger partial charge in [0.15, 0.2) is 0 Å². The second-order valence-corrected chi connectivity index (χ2v) is 0.344. The molecule has 0 unspecified atom stereocenters. The average molecular weight is 108 g/mol. The van der Waals surface area contributed by atoms with Gasteiger partial charge in [-0.05, 0) is 0 Å². The van der Waals surface area contributed by atoms with E-state index in [-0.39, 0.29) is 0 Å². The summed E-state index contributed by atoms with van der Waals surface area (Å²) in [6.45, 7) is 6.00. The Bertz CT molecular complexity index is 36.9. The molecule has 0 bridgehead atoms. The normalized spacial score (nSPS) is 2.40. The molecule has 0 heterocycles. The van der Waals surface area contributed by atoms with E-state index >= 15 is 0 Å². The minimum atomic E-state index is -2.00. The molecular weight excluding hydrogens is 104 g/mol. The molecule has 0 aromatic rings. The van der Waals surface area contributed by atoms with Crippen LogP contribution in [0.4, 0.5) is 0 Å². The zero-order valence-electron chi connectivity index (χ0n) is 2.73. The first-order chi connectivity index (χ1) is 2.41. The average Bonchev–Trinajstić information content (AvgIpc) is 1.46. The van der Waals surface area contributed by atoms with Crippen LogP contribution in [-0.4, -0.2) is 0 Å². The van der Waals surface area contributed by atoms with Crippen LogP contribution in [0, 0.1) is 0 Å². The summed E-state index contributed by atoms with van der Waals surface area (Å²) in [6, 6.07) is 0. The summed E-state index contributed by atoms with van der Waals surface area (Å²) in [5.74, 6) is 0. The van der Waals surface area contributed by atoms with Crippen LogP contribution in [0.2, 0.25) is 0 Å². The van der Waals surface area contributed by atoms with Crippen molar-refractivity contribution in [2.45, 2.75) is 0 Å². The van der Waals surface area contributed by atoms with Crippen LogP contribution in [0.1, 0.15) is 0 Å². The molecule has 0 aromatic carbocycles. The van der Waals surface area contributed by atoms with Gasteiger partial charge < -0.3 is 0 Å². The molecule has 0 atom stereocenters. The molecule has 0 aliphatic rings. The summed E-state index contributed by atoms with van der Waals surface area (Å²) < 4.78 is 17.0. The zero-order valence-corrected chi connectivity index (χ0v) is 4.29. The molecule has 0 aliphatic heterocycles. The van der Waals surface area contributed by atoms with Gasteiger partial charge in [0.1, 0.15) is 0 Å². The molecule has 0 aromatic heterocycles. The number of hydrogen-bond acceptors (Lipinski definition) is 2. The molecule has 0 radical (unpaired) electrons. The van der Waals surface area contributed by atoms with Crippen LogP contribution >= 0.6 is 0 Å². The maximum absolute atomic E-state index is 8.50. The molecule has 0 fully saturated rings. The van der Waals surface area contributed by atoms with Gasteiger partial charge in [-0.25, -0.2) is 0 Å². The summed E-state index contributed by atoms with van der Waals surface area (Å²) in [7, 11) is 0. The van der Waals surface area contributed by atoms with Crippen LogP contribution in [-0.2, 0) is 25.7 Å². The summed E-state index contributed by atoms with van der Waals surface area (Å²) in [6.07, 6.45) is 0. The summed E-state index contributed by atoms with van der Waals surface area (Å²) in [4.78, 5) is 0. The molecule has 2 nitrogen and oxygen atoms in total. The molecule has 0 rings (SSSR count). The van der Waals surface area contributed by atoms with Gasteiger partial charge in [0.25, 0.3) is 0 Å². The Morgan fingerprint density at radius 2 is 1.20 bits per heavy atom. The standard InChI is InChI=1S/C2H4.2O.Ti/c1-2;;;/h1-2H2;;;. The summed E-state index contributed by atoms with van der Waals surface area (Å²) in [5.41, 5.74) is 0. The quantitative estimate of drug-likeness (QED) is 0.335. The Labute approximate surface area is 39.5 Å². The SMILES string of the molecule is C=C.[O]=[Ti]=[O]. The van der Waals surface area contributed by atoms with Gasteiger partial charge >= 0.3 is 25.7 Å². The number of rotatable bonds is 0. The molecule has 0 spiro atoms. The second-order valence-electron chi connectivity index (χ2n) is 0.0833. The molecule has 0 saturated heterocycles. The van der Waals surface area contributed by atoms with Crippen molar-refractivity contribution in [1.29, 1.82) is 0 Å². The van der Waals surface area contributed by atoms with E-state index in [1.807, 2.05) is 0 Å². The van der Waals surface area contributed by atoms with Crippen molar-refractivity contribution in [3.05, 3.63) is 13.2 Å². The van der Waals surface area contributed by atoms with E-state index in [0.29, 0.717) is 0 Å².